The zero-order valence-electron chi connectivity index (χ0n) is 9.11. The second-order valence-corrected chi connectivity index (χ2v) is 4.22. The highest BCUT2D eigenvalue weighted by Crippen LogP contribution is 2.19. The van der Waals surface area contributed by atoms with Gasteiger partial charge in [0.1, 0.15) is 0 Å². The summed E-state index contributed by atoms with van der Waals surface area (Å²) in [5, 5.41) is 3.32. The molecule has 4 heteroatoms. The summed E-state index contributed by atoms with van der Waals surface area (Å²) >= 11 is 0. The number of hydrogen-bond donors (Lipinski definition) is 2. The fraction of sp³-hybridized carbons (Fsp3) is 0.636. The molecule has 1 aliphatic carbocycles. The van der Waals surface area contributed by atoms with Crippen LogP contribution < -0.4 is 11.1 Å². The molecule has 2 atom stereocenters. The second-order valence-electron chi connectivity index (χ2n) is 4.22. The summed E-state index contributed by atoms with van der Waals surface area (Å²) in [4.78, 5) is 8.51. The minimum Gasteiger partial charge on any atom is -0.350 e. The summed E-state index contributed by atoms with van der Waals surface area (Å²) in [6.45, 7) is 1.97. The van der Waals surface area contributed by atoms with Gasteiger partial charge in [0.25, 0.3) is 0 Å². The topological polar surface area (TPSA) is 63.8 Å². The van der Waals surface area contributed by atoms with Gasteiger partial charge in [0.15, 0.2) is 0 Å². The molecule has 15 heavy (non-hydrogen) atoms. The molecule has 0 aliphatic heterocycles. The Labute approximate surface area is 90.3 Å². The van der Waals surface area contributed by atoms with Crippen molar-refractivity contribution in [1.82, 2.24) is 9.97 Å². The third-order valence-electron chi connectivity index (χ3n) is 2.93. The van der Waals surface area contributed by atoms with E-state index in [1.54, 1.807) is 6.20 Å². The third-order valence-corrected chi connectivity index (χ3v) is 2.93. The van der Waals surface area contributed by atoms with E-state index in [2.05, 4.69) is 15.3 Å². The molecule has 1 heterocycles. The molecule has 0 radical (unpaired) electrons. The number of aromatic nitrogens is 2. The minimum absolute atomic E-state index is 0.239. The van der Waals surface area contributed by atoms with Gasteiger partial charge in [-0.2, -0.15) is 0 Å². The molecule has 1 aliphatic rings. The van der Waals surface area contributed by atoms with E-state index >= 15 is 0 Å². The van der Waals surface area contributed by atoms with Gasteiger partial charge in [-0.05, 0) is 25.8 Å². The summed E-state index contributed by atoms with van der Waals surface area (Å²) in [7, 11) is 0. The molecular formula is C11H18N4. The molecule has 2 unspecified atom stereocenters. The fourth-order valence-corrected chi connectivity index (χ4v) is 2.02. The Hall–Kier alpha value is -1.16. The van der Waals surface area contributed by atoms with Crippen molar-refractivity contribution in [3.8, 4) is 0 Å². The molecule has 4 nitrogen and oxygen atoms in total. The van der Waals surface area contributed by atoms with Gasteiger partial charge >= 0.3 is 0 Å². The van der Waals surface area contributed by atoms with Gasteiger partial charge in [-0.15, -0.1) is 0 Å². The standard InChI is InChI=1S/C11H18N4/c1-8-6-7-13-11(14-8)15-10-5-3-2-4-9(10)12/h6-7,9-10H,2-5,12H2,1H3,(H,13,14,15). The highest BCUT2D eigenvalue weighted by atomic mass is 15.1. The normalized spacial score (nSPS) is 26.3. The van der Waals surface area contributed by atoms with Crippen molar-refractivity contribution < 1.29 is 0 Å². The zero-order valence-corrected chi connectivity index (χ0v) is 9.11. The summed E-state index contributed by atoms with van der Waals surface area (Å²) in [6.07, 6.45) is 6.49. The Balaban J connectivity index is 2.01. The van der Waals surface area contributed by atoms with E-state index in [1.165, 1.54) is 12.8 Å². The number of nitrogens with one attached hydrogen (secondary N) is 1. The lowest BCUT2D eigenvalue weighted by atomic mass is 9.91. The van der Waals surface area contributed by atoms with Crippen LogP contribution in [0, 0.1) is 6.92 Å². The zero-order chi connectivity index (χ0) is 10.7. The molecule has 3 N–H and O–H groups in total. The molecule has 0 bridgehead atoms. The van der Waals surface area contributed by atoms with Crippen LogP contribution in [-0.2, 0) is 0 Å². The summed E-state index contributed by atoms with van der Waals surface area (Å²) in [5.41, 5.74) is 7.03. The second kappa shape index (κ2) is 4.57. The maximum absolute atomic E-state index is 6.05. The highest BCUT2D eigenvalue weighted by molar-refractivity contribution is 5.27. The van der Waals surface area contributed by atoms with E-state index in [0.29, 0.717) is 12.0 Å². The average molecular weight is 206 g/mol. The van der Waals surface area contributed by atoms with Gasteiger partial charge < -0.3 is 11.1 Å². The third kappa shape index (κ3) is 2.65. The summed E-state index contributed by atoms with van der Waals surface area (Å²) in [5.74, 6) is 0.706. The van der Waals surface area contributed by atoms with Gasteiger partial charge in [0.05, 0.1) is 0 Å². The first-order chi connectivity index (χ1) is 7.25. The van der Waals surface area contributed by atoms with Crippen LogP contribution in [-0.4, -0.2) is 22.1 Å². The Kier molecular flexibility index (Phi) is 3.16. The van der Waals surface area contributed by atoms with Crippen LogP contribution in [0.2, 0.25) is 0 Å². The van der Waals surface area contributed by atoms with Gasteiger partial charge in [0.2, 0.25) is 5.95 Å². The molecule has 1 aromatic rings. The Morgan fingerprint density at radius 1 is 1.40 bits per heavy atom. The van der Waals surface area contributed by atoms with Gasteiger partial charge in [-0.3, -0.25) is 0 Å². The molecule has 1 aromatic heterocycles. The first-order valence-electron chi connectivity index (χ1n) is 5.57. The lowest BCUT2D eigenvalue weighted by Crippen LogP contribution is -2.42. The Bertz CT molecular complexity index is 326. The van der Waals surface area contributed by atoms with Crippen molar-refractivity contribution in [3.05, 3.63) is 18.0 Å². The van der Waals surface area contributed by atoms with Crippen LogP contribution in [0.25, 0.3) is 0 Å². The summed E-state index contributed by atoms with van der Waals surface area (Å²) in [6, 6.07) is 2.47. The van der Waals surface area contributed by atoms with E-state index in [0.717, 1.165) is 18.5 Å². The largest absolute Gasteiger partial charge is 0.350 e. The predicted molar refractivity (Wildman–Crippen MR) is 60.6 cm³/mol. The first-order valence-corrected chi connectivity index (χ1v) is 5.57. The molecule has 82 valence electrons. The molecule has 0 amide bonds. The van der Waals surface area contributed by atoms with Crippen LogP contribution in [0.15, 0.2) is 12.3 Å². The van der Waals surface area contributed by atoms with Crippen molar-refractivity contribution in [1.29, 1.82) is 0 Å². The number of aryl methyl sites for hydroxylation is 1. The fourth-order valence-electron chi connectivity index (χ4n) is 2.02. The van der Waals surface area contributed by atoms with Crippen molar-refractivity contribution in [2.24, 2.45) is 5.73 Å². The lowest BCUT2D eigenvalue weighted by Gasteiger charge is -2.29. The van der Waals surface area contributed by atoms with E-state index in [4.69, 9.17) is 5.73 Å². The first kappa shape index (κ1) is 10.4. The molecule has 0 saturated heterocycles. The smallest absolute Gasteiger partial charge is 0.223 e. The van der Waals surface area contributed by atoms with Crippen LogP contribution >= 0.6 is 0 Å². The van der Waals surface area contributed by atoms with Gasteiger partial charge in [0, 0.05) is 24.0 Å². The minimum atomic E-state index is 0.239. The number of nitrogens with zero attached hydrogens (tertiary/aromatic N) is 2. The van der Waals surface area contributed by atoms with Crippen molar-refractivity contribution in [2.45, 2.75) is 44.7 Å². The highest BCUT2D eigenvalue weighted by Gasteiger charge is 2.21. The quantitative estimate of drug-likeness (QED) is 0.769. The van der Waals surface area contributed by atoms with Crippen molar-refractivity contribution >= 4 is 5.95 Å². The van der Waals surface area contributed by atoms with E-state index in [-0.39, 0.29) is 6.04 Å². The van der Waals surface area contributed by atoms with E-state index in [1.807, 2.05) is 13.0 Å². The lowest BCUT2D eigenvalue weighted by molar-refractivity contribution is 0.402. The monoisotopic (exact) mass is 206 g/mol. The SMILES string of the molecule is Cc1ccnc(NC2CCCCC2N)n1. The van der Waals surface area contributed by atoms with E-state index in [9.17, 15) is 0 Å². The Morgan fingerprint density at radius 2 is 2.20 bits per heavy atom. The molecule has 1 saturated carbocycles. The Morgan fingerprint density at radius 3 is 2.93 bits per heavy atom. The van der Waals surface area contributed by atoms with Crippen LogP contribution in [0.4, 0.5) is 5.95 Å². The van der Waals surface area contributed by atoms with Crippen molar-refractivity contribution in [3.63, 3.8) is 0 Å². The van der Waals surface area contributed by atoms with Crippen LogP contribution in [0.1, 0.15) is 31.4 Å². The molecular weight excluding hydrogens is 188 g/mol. The summed E-state index contributed by atoms with van der Waals surface area (Å²) < 4.78 is 0. The number of nitrogens with two attached hydrogens (primary N) is 1. The van der Waals surface area contributed by atoms with Crippen molar-refractivity contribution in [2.75, 3.05) is 5.32 Å². The predicted octanol–water partition coefficient (Wildman–Crippen LogP) is 1.47. The average Bonchev–Trinajstić information content (AvgIpc) is 2.22. The van der Waals surface area contributed by atoms with Gasteiger partial charge in [-0.1, -0.05) is 12.8 Å². The van der Waals surface area contributed by atoms with Gasteiger partial charge in [-0.25, -0.2) is 9.97 Å². The number of hydrogen-bond acceptors (Lipinski definition) is 4. The van der Waals surface area contributed by atoms with Crippen LogP contribution in [0.5, 0.6) is 0 Å². The molecule has 0 aromatic carbocycles. The van der Waals surface area contributed by atoms with Crippen LogP contribution in [0.3, 0.4) is 0 Å². The molecule has 2 rings (SSSR count). The number of rotatable bonds is 2. The molecule has 1 fully saturated rings. The maximum atomic E-state index is 6.05. The van der Waals surface area contributed by atoms with E-state index < -0.39 is 0 Å². The molecule has 0 spiro atoms. The maximum Gasteiger partial charge on any atom is 0.223 e. The number of anilines is 1.